The summed E-state index contributed by atoms with van der Waals surface area (Å²) in [5, 5.41) is 4.86. The minimum absolute atomic E-state index is 0.349. The summed E-state index contributed by atoms with van der Waals surface area (Å²) in [4.78, 5) is 7.34. The lowest BCUT2D eigenvalue weighted by molar-refractivity contribution is -0.0776. The van der Waals surface area contributed by atoms with E-state index in [9.17, 15) is 0 Å². The molecule has 6 nitrogen and oxygen atoms in total. The fraction of sp³-hybridized carbons (Fsp3) is 0.500. The molecule has 4 atom stereocenters. The molecule has 5 heterocycles. The van der Waals surface area contributed by atoms with E-state index < -0.39 is 0 Å². The Morgan fingerprint density at radius 1 is 1.25 bits per heavy atom. The topological polar surface area (TPSA) is 51.9 Å². The Balaban J connectivity index is 0.000000314. The molecule has 2 bridgehead atoms. The van der Waals surface area contributed by atoms with Crippen LogP contribution in [0.1, 0.15) is 31.2 Å². The lowest BCUT2D eigenvalue weighted by Gasteiger charge is -2.42. The van der Waals surface area contributed by atoms with E-state index in [0.29, 0.717) is 18.4 Å². The highest BCUT2D eigenvalue weighted by molar-refractivity contribution is 14.2. The molecule has 4 fully saturated rings. The fourth-order valence-electron chi connectivity index (χ4n) is 5.23. The van der Waals surface area contributed by atoms with Crippen LogP contribution in [0, 0.1) is 24.7 Å². The van der Waals surface area contributed by atoms with Crippen LogP contribution in [0.2, 0.25) is 0 Å². The Kier molecular flexibility index (Phi) is 6.65. The van der Waals surface area contributed by atoms with Crippen LogP contribution >= 0.6 is 30.4 Å². The SMILES string of the molecule is Cc1cc(N2CCC(C)C2)cn2nc(C34CC(CO3)C4COSI)nc12.c1ccccc1. The van der Waals surface area contributed by atoms with Gasteiger partial charge in [0.15, 0.2) is 11.5 Å². The summed E-state index contributed by atoms with van der Waals surface area (Å²) in [6.45, 7) is 8.18. The quantitative estimate of drug-likeness (QED) is 0.304. The number of aromatic nitrogens is 3. The zero-order chi connectivity index (χ0) is 22.1. The molecule has 1 aromatic carbocycles. The van der Waals surface area contributed by atoms with E-state index in [4.69, 9.17) is 19.0 Å². The number of fused-ring (bicyclic) bond motifs is 2. The molecule has 2 aromatic heterocycles. The number of rotatable bonds is 5. The summed E-state index contributed by atoms with van der Waals surface area (Å²) < 4.78 is 13.8. The fourth-order valence-corrected chi connectivity index (χ4v) is 5.87. The van der Waals surface area contributed by atoms with Gasteiger partial charge in [0, 0.05) is 40.2 Å². The number of hydrogen-bond acceptors (Lipinski definition) is 6. The Labute approximate surface area is 205 Å². The summed E-state index contributed by atoms with van der Waals surface area (Å²) in [7, 11) is 1.39. The molecule has 3 aromatic rings. The summed E-state index contributed by atoms with van der Waals surface area (Å²) in [6.07, 6.45) is 4.40. The number of ether oxygens (including phenoxy) is 1. The Morgan fingerprint density at radius 2 is 2.00 bits per heavy atom. The van der Waals surface area contributed by atoms with Gasteiger partial charge in [0.2, 0.25) is 0 Å². The average molecular weight is 564 g/mol. The van der Waals surface area contributed by atoms with E-state index in [-0.39, 0.29) is 5.60 Å². The summed E-state index contributed by atoms with van der Waals surface area (Å²) in [5.74, 6) is 2.52. The van der Waals surface area contributed by atoms with Crippen molar-refractivity contribution in [3.05, 3.63) is 60.0 Å². The lowest BCUT2D eigenvalue weighted by Crippen LogP contribution is -2.47. The number of pyridine rings is 1. The maximum atomic E-state index is 6.18. The van der Waals surface area contributed by atoms with Crippen LogP contribution in [-0.4, -0.2) is 40.9 Å². The smallest absolute Gasteiger partial charge is 0.183 e. The molecule has 0 spiro atoms. The molecule has 1 saturated carbocycles. The van der Waals surface area contributed by atoms with Crippen molar-refractivity contribution in [2.75, 3.05) is 31.2 Å². The van der Waals surface area contributed by atoms with Gasteiger partial charge in [-0.25, -0.2) is 9.50 Å². The summed E-state index contributed by atoms with van der Waals surface area (Å²) in [5.41, 5.74) is 3.00. The summed E-state index contributed by atoms with van der Waals surface area (Å²) in [6, 6.07) is 14.2. The van der Waals surface area contributed by atoms with Crippen molar-refractivity contribution < 1.29 is 8.92 Å². The van der Waals surface area contributed by atoms with Crippen LogP contribution in [-0.2, 0) is 14.5 Å². The second kappa shape index (κ2) is 9.48. The van der Waals surface area contributed by atoms with E-state index in [2.05, 4.69) is 52.2 Å². The van der Waals surface area contributed by atoms with Gasteiger partial charge in [0.25, 0.3) is 0 Å². The molecule has 170 valence electrons. The maximum Gasteiger partial charge on any atom is 0.183 e. The first-order chi connectivity index (χ1) is 15.6. The van der Waals surface area contributed by atoms with Crippen molar-refractivity contribution >= 4 is 41.8 Å². The normalized spacial score (nSPS) is 28.5. The van der Waals surface area contributed by atoms with E-state index in [1.165, 1.54) is 26.9 Å². The van der Waals surface area contributed by atoms with Gasteiger partial charge in [-0.2, -0.15) is 0 Å². The molecule has 3 aliphatic heterocycles. The first kappa shape index (κ1) is 22.4. The second-order valence-electron chi connectivity index (χ2n) is 9.20. The molecule has 3 saturated heterocycles. The van der Waals surface area contributed by atoms with Crippen molar-refractivity contribution in [2.45, 2.75) is 32.3 Å². The lowest BCUT2D eigenvalue weighted by atomic mass is 9.64. The Bertz CT molecular complexity index is 1030. The van der Waals surface area contributed by atoms with Gasteiger partial charge < -0.3 is 13.8 Å². The first-order valence-corrected chi connectivity index (χ1v) is 14.6. The van der Waals surface area contributed by atoms with E-state index >= 15 is 0 Å². The molecule has 0 N–H and O–H groups in total. The number of halogens is 1. The molecular formula is C24H29IN4O2S. The number of aryl methyl sites for hydroxylation is 1. The van der Waals surface area contributed by atoms with Crippen molar-refractivity contribution in [3.8, 4) is 0 Å². The third-order valence-corrected chi connectivity index (χ3v) is 8.01. The predicted octanol–water partition coefficient (Wildman–Crippen LogP) is 5.45. The first-order valence-electron chi connectivity index (χ1n) is 11.3. The van der Waals surface area contributed by atoms with Gasteiger partial charge >= 0.3 is 0 Å². The zero-order valence-corrected chi connectivity index (χ0v) is 21.5. The number of benzene rings is 1. The van der Waals surface area contributed by atoms with Crippen LogP contribution in [0.3, 0.4) is 0 Å². The summed E-state index contributed by atoms with van der Waals surface area (Å²) >= 11 is 2.17. The number of anilines is 1. The monoisotopic (exact) mass is 564 g/mol. The second-order valence-corrected chi connectivity index (χ2v) is 10.6. The standard InChI is InChI=1S/C18H23IN4O2S.C6H6/c1-11-3-4-22(7-11)14-5-12(2)16-20-17(21-23(16)8-14)18-6-13(9-24-18)15(18)10-25-26-19;1-2-4-6-5-3-1/h5,8,11,13,15H,3-4,6-7,9-10H2,1-2H3;1-6H. The molecule has 0 radical (unpaired) electrons. The van der Waals surface area contributed by atoms with Gasteiger partial charge in [-0.05, 0) is 43.2 Å². The van der Waals surface area contributed by atoms with Crippen LogP contribution in [0.5, 0.6) is 0 Å². The van der Waals surface area contributed by atoms with Gasteiger partial charge in [0.1, 0.15) is 5.60 Å². The minimum Gasteiger partial charge on any atom is -0.370 e. The molecule has 32 heavy (non-hydrogen) atoms. The number of hydrogen-bond donors (Lipinski definition) is 0. The Morgan fingerprint density at radius 3 is 2.62 bits per heavy atom. The molecule has 7 rings (SSSR count). The third-order valence-electron chi connectivity index (χ3n) is 7.02. The van der Waals surface area contributed by atoms with E-state index in [1.54, 1.807) is 0 Å². The highest BCUT2D eigenvalue weighted by atomic mass is 127. The highest BCUT2D eigenvalue weighted by Crippen LogP contribution is 2.59. The molecule has 8 heteroatoms. The third kappa shape index (κ3) is 4.15. The average Bonchev–Trinajstić information content (AvgIpc) is 3.58. The van der Waals surface area contributed by atoms with Gasteiger partial charge in [0.05, 0.1) is 34.3 Å². The van der Waals surface area contributed by atoms with Crippen molar-refractivity contribution in [1.29, 1.82) is 0 Å². The number of nitrogens with zero attached hydrogens (tertiary/aromatic N) is 4. The van der Waals surface area contributed by atoms with Gasteiger partial charge in [-0.1, -0.05) is 43.3 Å². The van der Waals surface area contributed by atoms with Crippen LogP contribution in [0.15, 0.2) is 48.7 Å². The minimum atomic E-state index is -0.349. The molecule has 0 amide bonds. The molecule has 1 aliphatic carbocycles. The molecule has 4 aliphatic rings. The van der Waals surface area contributed by atoms with Gasteiger partial charge in [-0.15, -0.1) is 5.10 Å². The van der Waals surface area contributed by atoms with Gasteiger partial charge in [-0.3, -0.25) is 0 Å². The Hall–Kier alpha value is -1.36. The van der Waals surface area contributed by atoms with E-state index in [1.807, 2.05) is 40.9 Å². The highest BCUT2D eigenvalue weighted by Gasteiger charge is 2.64. The van der Waals surface area contributed by atoms with Crippen LogP contribution < -0.4 is 4.90 Å². The van der Waals surface area contributed by atoms with Crippen LogP contribution in [0.25, 0.3) is 5.65 Å². The predicted molar refractivity (Wildman–Crippen MR) is 137 cm³/mol. The van der Waals surface area contributed by atoms with Crippen molar-refractivity contribution in [3.63, 3.8) is 0 Å². The van der Waals surface area contributed by atoms with Crippen molar-refractivity contribution in [1.82, 2.24) is 14.6 Å². The van der Waals surface area contributed by atoms with Crippen molar-refractivity contribution in [2.24, 2.45) is 17.8 Å². The largest absolute Gasteiger partial charge is 0.370 e. The molecule has 4 unspecified atom stereocenters. The molecular weight excluding hydrogens is 535 g/mol. The van der Waals surface area contributed by atoms with Crippen LogP contribution in [0.4, 0.5) is 5.69 Å². The zero-order valence-electron chi connectivity index (χ0n) is 18.5. The maximum absolute atomic E-state index is 6.18. The van der Waals surface area contributed by atoms with E-state index in [0.717, 1.165) is 43.5 Å².